The van der Waals surface area contributed by atoms with Gasteiger partial charge < -0.3 is 9.88 Å². The van der Waals surface area contributed by atoms with E-state index in [0.29, 0.717) is 13.1 Å². The highest BCUT2D eigenvalue weighted by molar-refractivity contribution is 7.91. The van der Waals surface area contributed by atoms with E-state index in [1.807, 2.05) is 18.5 Å². The van der Waals surface area contributed by atoms with Gasteiger partial charge in [-0.15, -0.1) is 0 Å². The largest absolute Gasteiger partial charge is 0.330 e. The Bertz CT molecular complexity index is 463. The fourth-order valence-electron chi connectivity index (χ4n) is 1.60. The predicted molar refractivity (Wildman–Crippen MR) is 68.7 cm³/mol. The Morgan fingerprint density at radius 2 is 2.12 bits per heavy atom. The van der Waals surface area contributed by atoms with Gasteiger partial charge in [-0.3, -0.25) is 0 Å². The van der Waals surface area contributed by atoms with Crippen LogP contribution in [0.1, 0.15) is 25.4 Å². The molecule has 0 fully saturated rings. The molecule has 17 heavy (non-hydrogen) atoms. The molecule has 0 aliphatic rings. The number of hydrogen-bond donors (Lipinski definition) is 1. The summed E-state index contributed by atoms with van der Waals surface area (Å²) >= 11 is 0. The summed E-state index contributed by atoms with van der Waals surface area (Å²) < 4.78 is 25.5. The Labute approximate surface area is 103 Å². The molecular formula is C11H21N3O2S. The van der Waals surface area contributed by atoms with Crippen LogP contribution in [-0.2, 0) is 22.9 Å². The van der Waals surface area contributed by atoms with Gasteiger partial charge in [0.05, 0.1) is 16.7 Å². The molecule has 1 rings (SSSR count). The molecule has 0 radical (unpaired) electrons. The van der Waals surface area contributed by atoms with Crippen molar-refractivity contribution >= 4 is 9.84 Å². The lowest BCUT2D eigenvalue weighted by atomic mass is 10.4. The van der Waals surface area contributed by atoms with Crippen LogP contribution in [0.5, 0.6) is 0 Å². The second kappa shape index (κ2) is 5.64. The van der Waals surface area contributed by atoms with Crippen LogP contribution in [-0.4, -0.2) is 36.0 Å². The average Bonchev–Trinajstić information content (AvgIpc) is 2.57. The SMILES string of the molecule is CNCc1cnc(C)n1CCS(=O)(=O)C(C)C. The fraction of sp³-hybridized carbons (Fsp3) is 0.727. The average molecular weight is 259 g/mol. The van der Waals surface area contributed by atoms with Gasteiger partial charge in [0.1, 0.15) is 5.82 Å². The molecule has 1 heterocycles. The molecule has 0 spiro atoms. The van der Waals surface area contributed by atoms with Gasteiger partial charge >= 0.3 is 0 Å². The standard InChI is InChI=1S/C11H21N3O2S/c1-9(2)17(15,16)6-5-14-10(3)13-8-11(14)7-12-4/h8-9,12H,5-7H2,1-4H3. The molecule has 1 aromatic rings. The molecule has 0 aliphatic carbocycles. The summed E-state index contributed by atoms with van der Waals surface area (Å²) in [6.45, 7) is 6.49. The van der Waals surface area contributed by atoms with Crippen molar-refractivity contribution in [3.8, 4) is 0 Å². The van der Waals surface area contributed by atoms with Crippen molar-refractivity contribution in [3.63, 3.8) is 0 Å². The van der Waals surface area contributed by atoms with Crippen molar-refractivity contribution in [2.45, 2.75) is 39.1 Å². The van der Waals surface area contributed by atoms with Crippen molar-refractivity contribution in [2.24, 2.45) is 0 Å². The lowest BCUT2D eigenvalue weighted by Gasteiger charge is -2.12. The van der Waals surface area contributed by atoms with Gasteiger partial charge in [0, 0.05) is 19.3 Å². The summed E-state index contributed by atoms with van der Waals surface area (Å²) in [5.74, 6) is 1.02. The second-order valence-corrected chi connectivity index (χ2v) is 7.07. The van der Waals surface area contributed by atoms with E-state index in [2.05, 4.69) is 10.3 Å². The first-order valence-corrected chi connectivity index (χ1v) is 7.47. The van der Waals surface area contributed by atoms with Crippen LogP contribution in [0.3, 0.4) is 0 Å². The lowest BCUT2D eigenvalue weighted by Crippen LogP contribution is -2.23. The molecule has 5 nitrogen and oxygen atoms in total. The molecule has 98 valence electrons. The van der Waals surface area contributed by atoms with Crippen LogP contribution in [0.2, 0.25) is 0 Å². The minimum absolute atomic E-state index is 0.165. The maximum Gasteiger partial charge on any atom is 0.154 e. The van der Waals surface area contributed by atoms with E-state index in [9.17, 15) is 8.42 Å². The minimum Gasteiger partial charge on any atom is -0.330 e. The molecule has 1 aromatic heterocycles. The normalized spacial score (nSPS) is 12.3. The first-order valence-electron chi connectivity index (χ1n) is 5.75. The third-order valence-corrected chi connectivity index (χ3v) is 5.00. The first kappa shape index (κ1) is 14.2. The Morgan fingerprint density at radius 1 is 1.47 bits per heavy atom. The number of sulfone groups is 1. The maximum absolute atomic E-state index is 11.8. The molecule has 1 N–H and O–H groups in total. The van der Waals surface area contributed by atoms with Gasteiger partial charge in [-0.05, 0) is 27.8 Å². The summed E-state index contributed by atoms with van der Waals surface area (Å²) in [6, 6.07) is 0. The minimum atomic E-state index is -2.99. The number of imidazole rings is 1. The molecule has 0 aliphatic heterocycles. The van der Waals surface area contributed by atoms with Crippen LogP contribution in [0.15, 0.2) is 6.20 Å². The topological polar surface area (TPSA) is 64.0 Å². The lowest BCUT2D eigenvalue weighted by molar-refractivity contribution is 0.575. The van der Waals surface area contributed by atoms with Crippen LogP contribution in [0.4, 0.5) is 0 Å². The third-order valence-electron chi connectivity index (χ3n) is 2.81. The number of aromatic nitrogens is 2. The molecule has 0 saturated carbocycles. The monoisotopic (exact) mass is 259 g/mol. The zero-order chi connectivity index (χ0) is 13.1. The number of nitrogens with zero attached hydrogens (tertiary/aromatic N) is 2. The number of rotatable bonds is 6. The molecule has 0 saturated heterocycles. The fourth-order valence-corrected chi connectivity index (χ4v) is 2.51. The Hall–Kier alpha value is -0.880. The predicted octanol–water partition coefficient (Wildman–Crippen LogP) is 0.734. The van der Waals surface area contributed by atoms with Gasteiger partial charge in [0.15, 0.2) is 9.84 Å². The first-order chi connectivity index (χ1) is 7.88. The van der Waals surface area contributed by atoms with E-state index >= 15 is 0 Å². The molecule has 0 bridgehead atoms. The van der Waals surface area contributed by atoms with E-state index < -0.39 is 9.84 Å². The molecule has 0 amide bonds. The van der Waals surface area contributed by atoms with E-state index in [4.69, 9.17) is 0 Å². The van der Waals surface area contributed by atoms with Gasteiger partial charge in [-0.1, -0.05) is 0 Å². The summed E-state index contributed by atoms with van der Waals surface area (Å²) in [6.07, 6.45) is 1.79. The van der Waals surface area contributed by atoms with Crippen LogP contribution in [0, 0.1) is 6.92 Å². The van der Waals surface area contributed by atoms with E-state index in [1.165, 1.54) is 0 Å². The third kappa shape index (κ3) is 3.54. The van der Waals surface area contributed by atoms with Crippen molar-refractivity contribution < 1.29 is 8.42 Å². The highest BCUT2D eigenvalue weighted by Crippen LogP contribution is 2.07. The second-order valence-electron chi connectivity index (χ2n) is 4.39. The summed E-state index contributed by atoms with van der Waals surface area (Å²) in [4.78, 5) is 4.21. The van der Waals surface area contributed by atoms with E-state index in [0.717, 1.165) is 11.5 Å². The van der Waals surface area contributed by atoms with Crippen LogP contribution < -0.4 is 5.32 Å². The Kier molecular flexibility index (Phi) is 4.70. The van der Waals surface area contributed by atoms with Crippen LogP contribution >= 0.6 is 0 Å². The highest BCUT2D eigenvalue weighted by Gasteiger charge is 2.17. The molecule has 0 atom stereocenters. The van der Waals surface area contributed by atoms with Crippen LogP contribution in [0.25, 0.3) is 0 Å². The Morgan fingerprint density at radius 3 is 2.65 bits per heavy atom. The molecular weight excluding hydrogens is 238 g/mol. The van der Waals surface area contributed by atoms with E-state index in [1.54, 1.807) is 20.0 Å². The molecule has 0 aromatic carbocycles. The maximum atomic E-state index is 11.8. The van der Waals surface area contributed by atoms with Crippen molar-refractivity contribution in [3.05, 3.63) is 17.7 Å². The number of hydrogen-bond acceptors (Lipinski definition) is 4. The molecule has 6 heteroatoms. The zero-order valence-electron chi connectivity index (χ0n) is 10.9. The smallest absolute Gasteiger partial charge is 0.154 e. The quantitative estimate of drug-likeness (QED) is 0.818. The summed E-state index contributed by atoms with van der Waals surface area (Å²) in [5.41, 5.74) is 1.02. The van der Waals surface area contributed by atoms with Gasteiger partial charge in [-0.25, -0.2) is 13.4 Å². The van der Waals surface area contributed by atoms with Gasteiger partial charge in [0.25, 0.3) is 0 Å². The van der Waals surface area contributed by atoms with Crippen molar-refractivity contribution in [1.29, 1.82) is 0 Å². The van der Waals surface area contributed by atoms with E-state index in [-0.39, 0.29) is 11.0 Å². The highest BCUT2D eigenvalue weighted by atomic mass is 32.2. The number of nitrogens with one attached hydrogen (secondary N) is 1. The summed E-state index contributed by atoms with van der Waals surface area (Å²) in [7, 11) is -1.13. The summed E-state index contributed by atoms with van der Waals surface area (Å²) in [5, 5.41) is 2.73. The van der Waals surface area contributed by atoms with Crippen molar-refractivity contribution in [2.75, 3.05) is 12.8 Å². The Balaban J connectivity index is 2.79. The van der Waals surface area contributed by atoms with Crippen molar-refractivity contribution in [1.82, 2.24) is 14.9 Å². The van der Waals surface area contributed by atoms with Gasteiger partial charge in [-0.2, -0.15) is 0 Å². The number of aryl methyl sites for hydroxylation is 1. The molecule has 0 unspecified atom stereocenters. The zero-order valence-corrected chi connectivity index (χ0v) is 11.7. The van der Waals surface area contributed by atoms with Gasteiger partial charge in [0.2, 0.25) is 0 Å².